The zero-order chi connectivity index (χ0) is 13.8. The van der Waals surface area contributed by atoms with Crippen LogP contribution in [0.3, 0.4) is 0 Å². The molecule has 4 heteroatoms. The number of anilines is 2. The van der Waals surface area contributed by atoms with E-state index in [4.69, 9.17) is 4.98 Å². The quantitative estimate of drug-likeness (QED) is 0.913. The summed E-state index contributed by atoms with van der Waals surface area (Å²) in [6, 6.07) is 2.79. The van der Waals surface area contributed by atoms with Gasteiger partial charge in [0.2, 0.25) is 5.95 Å². The van der Waals surface area contributed by atoms with Gasteiger partial charge in [-0.1, -0.05) is 19.8 Å². The molecule has 2 heterocycles. The van der Waals surface area contributed by atoms with E-state index in [1.165, 1.54) is 38.5 Å². The van der Waals surface area contributed by atoms with E-state index < -0.39 is 0 Å². The predicted octanol–water partition coefficient (Wildman–Crippen LogP) is 3.46. The molecule has 4 nitrogen and oxygen atoms in total. The SMILES string of the molecule is CCCNc1nccc(N2CCC[C@H]3CCCC[C@H]32)n1. The van der Waals surface area contributed by atoms with Gasteiger partial charge in [-0.2, -0.15) is 4.98 Å². The van der Waals surface area contributed by atoms with Crippen LogP contribution >= 0.6 is 0 Å². The Balaban J connectivity index is 1.76. The van der Waals surface area contributed by atoms with Crippen LogP contribution in [0.15, 0.2) is 12.3 Å². The van der Waals surface area contributed by atoms with Gasteiger partial charge in [0, 0.05) is 25.3 Å². The molecule has 1 saturated heterocycles. The standard InChI is InChI=1S/C16H26N4/c1-2-10-17-16-18-11-9-15(19-16)20-12-5-7-13-6-3-4-8-14(13)20/h9,11,13-14H,2-8,10,12H2,1H3,(H,17,18,19)/t13-,14-/m1/s1. The molecule has 20 heavy (non-hydrogen) atoms. The Hall–Kier alpha value is -1.32. The second-order valence-corrected chi connectivity index (χ2v) is 6.11. The normalized spacial score (nSPS) is 26.1. The van der Waals surface area contributed by atoms with Gasteiger partial charge in [-0.15, -0.1) is 0 Å². The predicted molar refractivity (Wildman–Crippen MR) is 83.1 cm³/mol. The largest absolute Gasteiger partial charge is 0.354 e. The molecular formula is C16H26N4. The van der Waals surface area contributed by atoms with E-state index in [0.717, 1.165) is 37.2 Å². The number of nitrogens with one attached hydrogen (secondary N) is 1. The molecule has 1 aromatic heterocycles. The van der Waals surface area contributed by atoms with Crippen molar-refractivity contribution in [3.8, 4) is 0 Å². The summed E-state index contributed by atoms with van der Waals surface area (Å²) < 4.78 is 0. The van der Waals surface area contributed by atoms with E-state index in [2.05, 4.69) is 28.2 Å². The highest BCUT2D eigenvalue weighted by atomic mass is 15.3. The van der Waals surface area contributed by atoms with Crippen LogP contribution in [-0.2, 0) is 0 Å². The first-order chi connectivity index (χ1) is 9.88. The maximum atomic E-state index is 4.73. The van der Waals surface area contributed by atoms with Gasteiger partial charge in [0.05, 0.1) is 0 Å². The fourth-order valence-electron chi connectivity index (χ4n) is 3.74. The summed E-state index contributed by atoms with van der Waals surface area (Å²) in [5.74, 6) is 2.79. The van der Waals surface area contributed by atoms with Crippen LogP contribution < -0.4 is 10.2 Å². The van der Waals surface area contributed by atoms with Gasteiger partial charge in [0.25, 0.3) is 0 Å². The van der Waals surface area contributed by atoms with Gasteiger partial charge in [0.1, 0.15) is 5.82 Å². The molecule has 2 aliphatic rings. The van der Waals surface area contributed by atoms with Gasteiger partial charge in [0.15, 0.2) is 0 Å². The average Bonchev–Trinajstić information content (AvgIpc) is 2.52. The molecule has 0 amide bonds. The topological polar surface area (TPSA) is 41.1 Å². The number of nitrogens with zero attached hydrogens (tertiary/aromatic N) is 3. The van der Waals surface area contributed by atoms with Crippen LogP contribution in [0.2, 0.25) is 0 Å². The molecular weight excluding hydrogens is 248 g/mol. The number of hydrogen-bond donors (Lipinski definition) is 1. The summed E-state index contributed by atoms with van der Waals surface area (Å²) in [6.45, 7) is 4.26. The summed E-state index contributed by atoms with van der Waals surface area (Å²) >= 11 is 0. The lowest BCUT2D eigenvalue weighted by Crippen LogP contribution is -2.47. The highest BCUT2D eigenvalue weighted by molar-refractivity contribution is 5.44. The van der Waals surface area contributed by atoms with Crippen molar-refractivity contribution in [1.29, 1.82) is 0 Å². The molecule has 1 N–H and O–H groups in total. The summed E-state index contributed by atoms with van der Waals surface area (Å²) in [6.07, 6.45) is 11.3. The molecule has 2 fully saturated rings. The molecule has 0 bridgehead atoms. The monoisotopic (exact) mass is 274 g/mol. The van der Waals surface area contributed by atoms with Gasteiger partial charge < -0.3 is 10.2 Å². The van der Waals surface area contributed by atoms with Gasteiger partial charge in [-0.25, -0.2) is 4.98 Å². The first-order valence-electron chi connectivity index (χ1n) is 8.22. The van der Waals surface area contributed by atoms with Crippen molar-refractivity contribution in [2.75, 3.05) is 23.3 Å². The fraction of sp³-hybridized carbons (Fsp3) is 0.750. The van der Waals surface area contributed by atoms with Crippen LogP contribution in [-0.4, -0.2) is 29.1 Å². The van der Waals surface area contributed by atoms with Gasteiger partial charge in [-0.05, 0) is 44.1 Å². The summed E-state index contributed by atoms with van der Waals surface area (Å²) in [5, 5.41) is 3.30. The minimum Gasteiger partial charge on any atom is -0.354 e. The van der Waals surface area contributed by atoms with Crippen molar-refractivity contribution >= 4 is 11.8 Å². The summed E-state index contributed by atoms with van der Waals surface area (Å²) in [7, 11) is 0. The molecule has 0 radical (unpaired) electrons. The molecule has 0 unspecified atom stereocenters. The van der Waals surface area contributed by atoms with Crippen LogP contribution in [0.1, 0.15) is 51.9 Å². The van der Waals surface area contributed by atoms with E-state index in [0.29, 0.717) is 6.04 Å². The molecule has 1 saturated carbocycles. The number of piperidine rings is 1. The highest BCUT2D eigenvalue weighted by Crippen LogP contribution is 2.37. The minimum absolute atomic E-state index is 0.714. The van der Waals surface area contributed by atoms with Crippen molar-refractivity contribution in [2.45, 2.75) is 57.9 Å². The number of rotatable bonds is 4. The number of hydrogen-bond acceptors (Lipinski definition) is 4. The lowest BCUT2D eigenvalue weighted by molar-refractivity contribution is 0.243. The van der Waals surface area contributed by atoms with Crippen LogP contribution in [0, 0.1) is 5.92 Å². The van der Waals surface area contributed by atoms with Gasteiger partial charge >= 0.3 is 0 Å². The maximum Gasteiger partial charge on any atom is 0.224 e. The van der Waals surface area contributed by atoms with Crippen molar-refractivity contribution < 1.29 is 0 Å². The number of fused-ring (bicyclic) bond motifs is 1. The zero-order valence-corrected chi connectivity index (χ0v) is 12.5. The lowest BCUT2D eigenvalue weighted by atomic mass is 9.78. The third-order valence-corrected chi connectivity index (χ3v) is 4.71. The van der Waals surface area contributed by atoms with Crippen molar-refractivity contribution in [3.63, 3.8) is 0 Å². The Labute approximate surface area is 122 Å². The zero-order valence-electron chi connectivity index (χ0n) is 12.5. The molecule has 0 aromatic carbocycles. The van der Waals surface area contributed by atoms with E-state index in [1.54, 1.807) is 0 Å². The Bertz CT molecular complexity index is 432. The molecule has 3 rings (SSSR count). The second-order valence-electron chi connectivity index (χ2n) is 6.11. The molecule has 2 atom stereocenters. The Morgan fingerprint density at radius 2 is 2.10 bits per heavy atom. The third-order valence-electron chi connectivity index (χ3n) is 4.71. The van der Waals surface area contributed by atoms with E-state index in [1.807, 2.05) is 6.20 Å². The molecule has 1 aliphatic carbocycles. The highest BCUT2D eigenvalue weighted by Gasteiger charge is 2.33. The molecule has 1 aliphatic heterocycles. The van der Waals surface area contributed by atoms with Crippen LogP contribution in [0.5, 0.6) is 0 Å². The second kappa shape index (κ2) is 6.42. The maximum absolute atomic E-state index is 4.73. The van der Waals surface area contributed by atoms with Gasteiger partial charge in [-0.3, -0.25) is 0 Å². The van der Waals surface area contributed by atoms with E-state index in [9.17, 15) is 0 Å². The Morgan fingerprint density at radius 3 is 3.00 bits per heavy atom. The summed E-state index contributed by atoms with van der Waals surface area (Å²) in [5.41, 5.74) is 0. The molecule has 110 valence electrons. The first-order valence-corrected chi connectivity index (χ1v) is 8.22. The first kappa shape index (κ1) is 13.7. The summed E-state index contributed by atoms with van der Waals surface area (Å²) in [4.78, 5) is 11.6. The van der Waals surface area contributed by atoms with Crippen molar-refractivity contribution in [1.82, 2.24) is 9.97 Å². The molecule has 0 spiro atoms. The Morgan fingerprint density at radius 1 is 1.25 bits per heavy atom. The van der Waals surface area contributed by atoms with Crippen molar-refractivity contribution in [2.24, 2.45) is 5.92 Å². The van der Waals surface area contributed by atoms with Crippen LogP contribution in [0.4, 0.5) is 11.8 Å². The van der Waals surface area contributed by atoms with E-state index in [-0.39, 0.29) is 0 Å². The molecule has 1 aromatic rings. The van der Waals surface area contributed by atoms with Crippen LogP contribution in [0.25, 0.3) is 0 Å². The minimum atomic E-state index is 0.714. The number of aromatic nitrogens is 2. The van der Waals surface area contributed by atoms with Crippen molar-refractivity contribution in [3.05, 3.63) is 12.3 Å². The third kappa shape index (κ3) is 2.89. The smallest absolute Gasteiger partial charge is 0.224 e. The van der Waals surface area contributed by atoms with E-state index >= 15 is 0 Å². The lowest BCUT2D eigenvalue weighted by Gasteiger charge is -2.44. The fourth-order valence-corrected chi connectivity index (χ4v) is 3.74. The Kier molecular flexibility index (Phi) is 4.38. The average molecular weight is 274 g/mol.